The van der Waals surface area contributed by atoms with Gasteiger partial charge in [-0.2, -0.15) is 0 Å². The van der Waals surface area contributed by atoms with Crippen LogP contribution in [0.2, 0.25) is 0 Å². The van der Waals surface area contributed by atoms with Gasteiger partial charge in [-0.15, -0.1) is 0 Å². The predicted molar refractivity (Wildman–Crippen MR) is 83.5 cm³/mol. The number of rotatable bonds is 4. The van der Waals surface area contributed by atoms with Crippen LogP contribution in [0.1, 0.15) is 28.3 Å². The van der Waals surface area contributed by atoms with Gasteiger partial charge in [0.25, 0.3) is 0 Å². The van der Waals surface area contributed by atoms with E-state index in [4.69, 9.17) is 5.73 Å². The minimum Gasteiger partial charge on any atom is -0.329 e. The van der Waals surface area contributed by atoms with E-state index in [1.165, 1.54) is 34.4 Å². The first-order valence-electron chi connectivity index (χ1n) is 7.46. The molecular formula is C18H21FN2. The lowest BCUT2D eigenvalue weighted by atomic mass is 10.0. The Hall–Kier alpha value is -1.71. The molecule has 0 aliphatic carbocycles. The molecule has 0 saturated heterocycles. The molecule has 0 saturated carbocycles. The fourth-order valence-electron chi connectivity index (χ4n) is 3.20. The standard InChI is InChI=1S/C18H21FN2/c1-13-3-2-4-16-17(13)12-21(18(16)11-20)10-9-14-5-7-15(19)8-6-14/h2-8,18H,9-12,20H2,1H3. The Kier molecular flexibility index (Phi) is 4.04. The largest absolute Gasteiger partial charge is 0.329 e. The van der Waals surface area contributed by atoms with Crippen LogP contribution < -0.4 is 5.73 Å². The Labute approximate surface area is 125 Å². The van der Waals surface area contributed by atoms with Gasteiger partial charge < -0.3 is 5.73 Å². The molecule has 2 nitrogen and oxygen atoms in total. The lowest BCUT2D eigenvalue weighted by Gasteiger charge is -2.23. The van der Waals surface area contributed by atoms with E-state index in [0.29, 0.717) is 12.6 Å². The van der Waals surface area contributed by atoms with Gasteiger partial charge in [0.15, 0.2) is 0 Å². The van der Waals surface area contributed by atoms with Crippen molar-refractivity contribution in [3.05, 3.63) is 70.5 Å². The van der Waals surface area contributed by atoms with Crippen LogP contribution >= 0.6 is 0 Å². The minimum atomic E-state index is -0.178. The summed E-state index contributed by atoms with van der Waals surface area (Å²) in [5.41, 5.74) is 11.3. The van der Waals surface area contributed by atoms with Crippen LogP contribution in [0.4, 0.5) is 4.39 Å². The molecule has 0 radical (unpaired) electrons. The van der Waals surface area contributed by atoms with Crippen LogP contribution in [0.25, 0.3) is 0 Å². The number of fused-ring (bicyclic) bond motifs is 1. The third-order valence-corrected chi connectivity index (χ3v) is 4.43. The molecule has 1 unspecified atom stereocenters. The number of hydrogen-bond acceptors (Lipinski definition) is 2. The van der Waals surface area contributed by atoms with E-state index in [9.17, 15) is 4.39 Å². The first kappa shape index (κ1) is 14.2. The molecule has 1 aliphatic rings. The van der Waals surface area contributed by atoms with Gasteiger partial charge in [-0.05, 0) is 47.7 Å². The van der Waals surface area contributed by atoms with Crippen molar-refractivity contribution < 1.29 is 4.39 Å². The van der Waals surface area contributed by atoms with Gasteiger partial charge in [0.1, 0.15) is 5.82 Å². The second-order valence-corrected chi connectivity index (χ2v) is 5.74. The maximum absolute atomic E-state index is 12.9. The maximum atomic E-state index is 12.9. The Morgan fingerprint density at radius 2 is 1.95 bits per heavy atom. The Morgan fingerprint density at radius 3 is 2.67 bits per heavy atom. The monoisotopic (exact) mass is 284 g/mol. The molecule has 2 N–H and O–H groups in total. The number of nitrogens with two attached hydrogens (primary N) is 1. The van der Waals surface area contributed by atoms with E-state index >= 15 is 0 Å². The Balaban J connectivity index is 1.72. The van der Waals surface area contributed by atoms with Gasteiger partial charge in [-0.25, -0.2) is 4.39 Å². The molecule has 3 heteroatoms. The molecule has 1 aliphatic heterocycles. The average molecular weight is 284 g/mol. The van der Waals surface area contributed by atoms with Crippen molar-refractivity contribution in [1.82, 2.24) is 4.90 Å². The second kappa shape index (κ2) is 5.96. The highest BCUT2D eigenvalue weighted by Gasteiger charge is 2.29. The predicted octanol–water partition coefficient (Wildman–Crippen LogP) is 3.19. The molecule has 21 heavy (non-hydrogen) atoms. The SMILES string of the molecule is Cc1cccc2c1CN(CCc1ccc(F)cc1)C2CN. The highest BCUT2D eigenvalue weighted by atomic mass is 19.1. The molecule has 0 bridgehead atoms. The van der Waals surface area contributed by atoms with Gasteiger partial charge in [-0.3, -0.25) is 4.90 Å². The van der Waals surface area contributed by atoms with Crippen molar-refractivity contribution in [3.63, 3.8) is 0 Å². The summed E-state index contributed by atoms with van der Waals surface area (Å²) in [6, 6.07) is 13.5. The van der Waals surface area contributed by atoms with Crippen molar-refractivity contribution in [2.45, 2.75) is 25.9 Å². The first-order valence-corrected chi connectivity index (χ1v) is 7.46. The third kappa shape index (κ3) is 2.85. The van der Waals surface area contributed by atoms with Gasteiger partial charge in [0.05, 0.1) is 0 Å². The fourth-order valence-corrected chi connectivity index (χ4v) is 3.20. The highest BCUT2D eigenvalue weighted by Crippen LogP contribution is 2.34. The second-order valence-electron chi connectivity index (χ2n) is 5.74. The normalized spacial score (nSPS) is 18.0. The van der Waals surface area contributed by atoms with Gasteiger partial charge in [-0.1, -0.05) is 30.3 Å². The van der Waals surface area contributed by atoms with Crippen LogP contribution in [0.15, 0.2) is 42.5 Å². The zero-order valence-corrected chi connectivity index (χ0v) is 12.3. The summed E-state index contributed by atoms with van der Waals surface area (Å²) in [7, 11) is 0. The summed E-state index contributed by atoms with van der Waals surface area (Å²) >= 11 is 0. The third-order valence-electron chi connectivity index (χ3n) is 4.43. The average Bonchev–Trinajstić information content (AvgIpc) is 2.86. The summed E-state index contributed by atoms with van der Waals surface area (Å²) in [5.74, 6) is -0.178. The summed E-state index contributed by atoms with van der Waals surface area (Å²) in [6.07, 6.45) is 0.920. The van der Waals surface area contributed by atoms with Gasteiger partial charge in [0.2, 0.25) is 0 Å². The molecule has 2 aromatic rings. The van der Waals surface area contributed by atoms with Crippen LogP contribution in [-0.2, 0) is 13.0 Å². The van der Waals surface area contributed by atoms with Crippen LogP contribution in [0.5, 0.6) is 0 Å². The summed E-state index contributed by atoms with van der Waals surface area (Å²) < 4.78 is 12.9. The molecular weight excluding hydrogens is 263 g/mol. The van der Waals surface area contributed by atoms with E-state index in [1.54, 1.807) is 0 Å². The molecule has 0 fully saturated rings. The zero-order valence-electron chi connectivity index (χ0n) is 12.3. The van der Waals surface area contributed by atoms with E-state index in [-0.39, 0.29) is 5.82 Å². The molecule has 1 atom stereocenters. The van der Waals surface area contributed by atoms with E-state index in [0.717, 1.165) is 19.5 Å². The van der Waals surface area contributed by atoms with Crippen molar-refractivity contribution in [1.29, 1.82) is 0 Å². The smallest absolute Gasteiger partial charge is 0.123 e. The quantitative estimate of drug-likeness (QED) is 0.934. The first-order chi connectivity index (χ1) is 10.2. The summed E-state index contributed by atoms with van der Waals surface area (Å²) in [5, 5.41) is 0. The number of hydrogen-bond donors (Lipinski definition) is 1. The molecule has 0 amide bonds. The highest BCUT2D eigenvalue weighted by molar-refractivity contribution is 5.40. The van der Waals surface area contributed by atoms with Gasteiger partial charge in [0, 0.05) is 25.7 Å². The molecule has 0 aromatic heterocycles. The maximum Gasteiger partial charge on any atom is 0.123 e. The number of halogens is 1. The van der Waals surface area contributed by atoms with Crippen molar-refractivity contribution in [3.8, 4) is 0 Å². The van der Waals surface area contributed by atoms with Crippen LogP contribution in [0.3, 0.4) is 0 Å². The number of nitrogens with zero attached hydrogens (tertiary/aromatic N) is 1. The Bertz CT molecular complexity index is 622. The van der Waals surface area contributed by atoms with Crippen molar-refractivity contribution in [2.75, 3.05) is 13.1 Å². The molecule has 2 aromatic carbocycles. The van der Waals surface area contributed by atoms with Crippen LogP contribution in [-0.4, -0.2) is 18.0 Å². The summed E-state index contributed by atoms with van der Waals surface area (Å²) in [6.45, 7) is 4.71. The Morgan fingerprint density at radius 1 is 1.19 bits per heavy atom. The lowest BCUT2D eigenvalue weighted by Crippen LogP contribution is -2.29. The van der Waals surface area contributed by atoms with E-state index in [2.05, 4.69) is 30.0 Å². The molecule has 0 spiro atoms. The molecule has 3 rings (SSSR count). The van der Waals surface area contributed by atoms with Crippen molar-refractivity contribution in [2.24, 2.45) is 5.73 Å². The molecule has 1 heterocycles. The fraction of sp³-hybridized carbons (Fsp3) is 0.333. The van der Waals surface area contributed by atoms with Crippen molar-refractivity contribution >= 4 is 0 Å². The lowest BCUT2D eigenvalue weighted by molar-refractivity contribution is 0.222. The van der Waals surface area contributed by atoms with E-state index < -0.39 is 0 Å². The van der Waals surface area contributed by atoms with Crippen LogP contribution in [0, 0.1) is 12.7 Å². The zero-order chi connectivity index (χ0) is 14.8. The van der Waals surface area contributed by atoms with E-state index in [1.807, 2.05) is 12.1 Å². The van der Waals surface area contributed by atoms with Gasteiger partial charge >= 0.3 is 0 Å². The minimum absolute atomic E-state index is 0.178. The topological polar surface area (TPSA) is 29.3 Å². The number of benzene rings is 2. The summed E-state index contributed by atoms with van der Waals surface area (Å²) in [4.78, 5) is 2.43. The molecule has 110 valence electrons. The number of aryl methyl sites for hydroxylation is 1.